The summed E-state index contributed by atoms with van der Waals surface area (Å²) in [5.41, 5.74) is 1.31. The lowest BCUT2D eigenvalue weighted by Gasteiger charge is -2.41. The van der Waals surface area contributed by atoms with Crippen molar-refractivity contribution in [2.75, 3.05) is 18.0 Å². The van der Waals surface area contributed by atoms with Gasteiger partial charge in [0.15, 0.2) is 0 Å². The first-order chi connectivity index (χ1) is 6.84. The Labute approximate surface area is 85.0 Å². The minimum absolute atomic E-state index is 0.969. The summed E-state index contributed by atoms with van der Waals surface area (Å²) in [6.07, 6.45) is 4.84. The van der Waals surface area contributed by atoms with Crippen LogP contribution in [0, 0.1) is 18.8 Å². The summed E-state index contributed by atoms with van der Waals surface area (Å²) in [5, 5.41) is 0. The number of aromatic nitrogens is 1. The molecule has 1 aliphatic heterocycles. The number of nitrogens with zero attached hydrogens (tertiary/aromatic N) is 2. The second kappa shape index (κ2) is 2.97. The average Bonchev–Trinajstić information content (AvgIpc) is 2.89. The molecule has 0 amide bonds. The third-order valence-corrected chi connectivity index (χ3v) is 3.48. The fourth-order valence-electron chi connectivity index (χ4n) is 2.36. The predicted molar refractivity (Wildman–Crippen MR) is 57.4 cm³/mol. The second-order valence-corrected chi connectivity index (χ2v) is 4.65. The van der Waals surface area contributed by atoms with Crippen LogP contribution in [0.15, 0.2) is 18.3 Å². The standard InChI is InChI=1S/C12H16N2/c1-9-3-2-6-13-12(9)14-7-11(8-14)10-4-5-10/h2-3,6,10-11H,4-5,7-8H2,1H3. The Morgan fingerprint density at radius 2 is 2.07 bits per heavy atom. The topological polar surface area (TPSA) is 16.1 Å². The minimum Gasteiger partial charge on any atom is -0.356 e. The zero-order chi connectivity index (χ0) is 9.54. The van der Waals surface area contributed by atoms with Gasteiger partial charge in [-0.1, -0.05) is 6.07 Å². The van der Waals surface area contributed by atoms with Gasteiger partial charge in [-0.2, -0.15) is 0 Å². The van der Waals surface area contributed by atoms with Crippen LogP contribution in [0.5, 0.6) is 0 Å². The fourth-order valence-corrected chi connectivity index (χ4v) is 2.36. The van der Waals surface area contributed by atoms with Crippen molar-refractivity contribution in [1.82, 2.24) is 4.98 Å². The molecule has 0 spiro atoms. The molecule has 0 radical (unpaired) electrons. The molecule has 74 valence electrons. The molecule has 1 aromatic heterocycles. The summed E-state index contributed by atoms with van der Waals surface area (Å²) in [5.74, 6) is 3.22. The van der Waals surface area contributed by atoms with Crippen LogP contribution >= 0.6 is 0 Å². The summed E-state index contributed by atoms with van der Waals surface area (Å²) < 4.78 is 0. The fraction of sp³-hybridized carbons (Fsp3) is 0.583. The van der Waals surface area contributed by atoms with Gasteiger partial charge in [-0.15, -0.1) is 0 Å². The lowest BCUT2D eigenvalue weighted by atomic mass is 9.94. The van der Waals surface area contributed by atoms with E-state index in [0.717, 1.165) is 11.8 Å². The van der Waals surface area contributed by atoms with Crippen molar-refractivity contribution in [2.24, 2.45) is 11.8 Å². The first-order valence-electron chi connectivity index (χ1n) is 5.51. The van der Waals surface area contributed by atoms with E-state index in [9.17, 15) is 0 Å². The minimum atomic E-state index is 0.969. The molecule has 0 atom stereocenters. The van der Waals surface area contributed by atoms with E-state index in [1.807, 2.05) is 12.3 Å². The van der Waals surface area contributed by atoms with Crippen molar-refractivity contribution in [3.05, 3.63) is 23.9 Å². The van der Waals surface area contributed by atoms with Gasteiger partial charge in [0.25, 0.3) is 0 Å². The Hall–Kier alpha value is -1.05. The van der Waals surface area contributed by atoms with Crippen molar-refractivity contribution in [3.8, 4) is 0 Å². The lowest BCUT2D eigenvalue weighted by Crippen LogP contribution is -2.48. The van der Waals surface area contributed by atoms with E-state index in [0.29, 0.717) is 0 Å². The number of pyridine rings is 1. The van der Waals surface area contributed by atoms with E-state index in [-0.39, 0.29) is 0 Å². The molecule has 0 unspecified atom stereocenters. The molecule has 0 aromatic carbocycles. The molecule has 2 fully saturated rings. The molecule has 3 rings (SSSR count). The van der Waals surface area contributed by atoms with E-state index in [1.54, 1.807) is 0 Å². The smallest absolute Gasteiger partial charge is 0.131 e. The molecule has 0 N–H and O–H groups in total. The van der Waals surface area contributed by atoms with Crippen molar-refractivity contribution in [3.63, 3.8) is 0 Å². The highest BCUT2D eigenvalue weighted by atomic mass is 15.2. The number of aryl methyl sites for hydroxylation is 1. The second-order valence-electron chi connectivity index (χ2n) is 4.65. The molecule has 2 heteroatoms. The van der Waals surface area contributed by atoms with Crippen molar-refractivity contribution >= 4 is 5.82 Å². The Balaban J connectivity index is 1.70. The number of hydrogen-bond acceptors (Lipinski definition) is 2. The molecule has 1 aromatic rings. The van der Waals surface area contributed by atoms with E-state index < -0.39 is 0 Å². The highest BCUT2D eigenvalue weighted by Crippen LogP contribution is 2.42. The summed E-state index contributed by atoms with van der Waals surface area (Å²) >= 11 is 0. The van der Waals surface area contributed by atoms with Gasteiger partial charge in [0.2, 0.25) is 0 Å². The van der Waals surface area contributed by atoms with Gasteiger partial charge < -0.3 is 4.90 Å². The molecule has 0 bridgehead atoms. The predicted octanol–water partition coefficient (Wildman–Crippen LogP) is 2.24. The maximum Gasteiger partial charge on any atom is 0.131 e. The zero-order valence-corrected chi connectivity index (χ0v) is 8.61. The molecular weight excluding hydrogens is 172 g/mol. The van der Waals surface area contributed by atoms with Crippen molar-refractivity contribution < 1.29 is 0 Å². The SMILES string of the molecule is Cc1cccnc1N1CC(C2CC2)C1. The number of rotatable bonds is 2. The molecule has 2 aliphatic rings. The molecule has 2 heterocycles. The van der Waals surface area contributed by atoms with Crippen LogP contribution in [0.2, 0.25) is 0 Å². The van der Waals surface area contributed by atoms with Gasteiger partial charge in [0, 0.05) is 19.3 Å². The Kier molecular flexibility index (Phi) is 1.76. The molecular formula is C12H16N2. The van der Waals surface area contributed by atoms with E-state index >= 15 is 0 Å². The molecule has 1 saturated carbocycles. The molecule has 1 saturated heterocycles. The maximum absolute atomic E-state index is 4.44. The van der Waals surface area contributed by atoms with Crippen molar-refractivity contribution in [1.29, 1.82) is 0 Å². The van der Waals surface area contributed by atoms with E-state index in [1.165, 1.54) is 37.3 Å². The van der Waals surface area contributed by atoms with Gasteiger partial charge in [0.05, 0.1) is 0 Å². The monoisotopic (exact) mass is 188 g/mol. The third-order valence-electron chi connectivity index (χ3n) is 3.48. The first kappa shape index (κ1) is 8.27. The van der Waals surface area contributed by atoms with E-state index in [2.05, 4.69) is 22.9 Å². The normalized spacial score (nSPS) is 22.2. The van der Waals surface area contributed by atoms with Crippen LogP contribution in [0.4, 0.5) is 5.82 Å². The van der Waals surface area contributed by atoms with Crippen LogP contribution in [-0.4, -0.2) is 18.1 Å². The Morgan fingerprint density at radius 3 is 2.71 bits per heavy atom. The molecule has 2 nitrogen and oxygen atoms in total. The van der Waals surface area contributed by atoms with Crippen LogP contribution in [-0.2, 0) is 0 Å². The quantitative estimate of drug-likeness (QED) is 0.707. The number of hydrogen-bond donors (Lipinski definition) is 0. The summed E-state index contributed by atoms with van der Waals surface area (Å²) in [7, 11) is 0. The van der Waals surface area contributed by atoms with Gasteiger partial charge >= 0.3 is 0 Å². The zero-order valence-electron chi connectivity index (χ0n) is 8.61. The van der Waals surface area contributed by atoms with Crippen LogP contribution < -0.4 is 4.90 Å². The van der Waals surface area contributed by atoms with Gasteiger partial charge in [-0.25, -0.2) is 4.98 Å². The molecule has 14 heavy (non-hydrogen) atoms. The Morgan fingerprint density at radius 1 is 1.29 bits per heavy atom. The van der Waals surface area contributed by atoms with Gasteiger partial charge in [-0.3, -0.25) is 0 Å². The van der Waals surface area contributed by atoms with Gasteiger partial charge in [-0.05, 0) is 43.2 Å². The van der Waals surface area contributed by atoms with Crippen molar-refractivity contribution in [2.45, 2.75) is 19.8 Å². The lowest BCUT2D eigenvalue weighted by molar-refractivity contribution is 0.361. The van der Waals surface area contributed by atoms with Crippen LogP contribution in [0.1, 0.15) is 18.4 Å². The Bertz CT molecular complexity index is 338. The molecule has 1 aliphatic carbocycles. The third kappa shape index (κ3) is 1.29. The summed E-state index contributed by atoms with van der Waals surface area (Å²) in [6, 6.07) is 4.16. The summed E-state index contributed by atoms with van der Waals surface area (Å²) in [6.45, 7) is 4.62. The highest BCUT2D eigenvalue weighted by molar-refractivity contribution is 5.48. The average molecular weight is 188 g/mol. The van der Waals surface area contributed by atoms with Crippen LogP contribution in [0.3, 0.4) is 0 Å². The highest BCUT2D eigenvalue weighted by Gasteiger charge is 2.39. The van der Waals surface area contributed by atoms with Gasteiger partial charge in [0.1, 0.15) is 5.82 Å². The van der Waals surface area contributed by atoms with Crippen LogP contribution in [0.25, 0.3) is 0 Å². The van der Waals surface area contributed by atoms with E-state index in [4.69, 9.17) is 0 Å². The summed E-state index contributed by atoms with van der Waals surface area (Å²) in [4.78, 5) is 6.86. The maximum atomic E-state index is 4.44. The first-order valence-corrected chi connectivity index (χ1v) is 5.51. The number of anilines is 1. The largest absolute Gasteiger partial charge is 0.356 e.